The Balaban J connectivity index is 2.09. The van der Waals surface area contributed by atoms with E-state index in [1.165, 1.54) is 0 Å². The Morgan fingerprint density at radius 3 is 2.77 bits per heavy atom. The number of anilines is 2. The smallest absolute Gasteiger partial charge is 0.162 e. The maximum absolute atomic E-state index is 5.75. The van der Waals surface area contributed by atoms with Gasteiger partial charge >= 0.3 is 0 Å². The van der Waals surface area contributed by atoms with Gasteiger partial charge in [-0.3, -0.25) is 4.99 Å². The van der Waals surface area contributed by atoms with Crippen molar-refractivity contribution in [3.8, 4) is 11.4 Å². The highest BCUT2D eigenvalue weighted by Gasteiger charge is 2.20. The molecule has 1 fully saturated rings. The number of ether oxygens (including phenoxy) is 1. The molecule has 0 amide bonds. The average molecular weight is 298 g/mol. The number of aliphatic imine (C=N–C) groups is 1. The van der Waals surface area contributed by atoms with Gasteiger partial charge in [0.15, 0.2) is 11.6 Å². The summed E-state index contributed by atoms with van der Waals surface area (Å²) in [5, 5.41) is 0. The third-order valence-corrected chi connectivity index (χ3v) is 3.55. The molecule has 3 rings (SSSR count). The molecule has 1 aliphatic rings. The fraction of sp³-hybridized carbons (Fsp3) is 0.333. The molecule has 0 spiro atoms. The summed E-state index contributed by atoms with van der Waals surface area (Å²) in [6.07, 6.45) is 1.65. The van der Waals surface area contributed by atoms with Gasteiger partial charge < -0.3 is 15.4 Å². The molecule has 1 saturated heterocycles. The van der Waals surface area contributed by atoms with Gasteiger partial charge in [-0.25, -0.2) is 15.0 Å². The van der Waals surface area contributed by atoms with Gasteiger partial charge in [-0.05, 0) is 25.8 Å². The van der Waals surface area contributed by atoms with Crippen LogP contribution in [0.5, 0.6) is 0 Å². The largest absolute Gasteiger partial charge is 0.384 e. The molecule has 2 aromatic rings. The van der Waals surface area contributed by atoms with E-state index in [0.29, 0.717) is 30.5 Å². The van der Waals surface area contributed by atoms with Crippen LogP contribution in [0.1, 0.15) is 5.69 Å². The van der Waals surface area contributed by atoms with Crippen LogP contribution in [0.25, 0.3) is 11.4 Å². The van der Waals surface area contributed by atoms with Crippen LogP contribution in [0.4, 0.5) is 17.3 Å². The van der Waals surface area contributed by atoms with Crippen LogP contribution in [-0.4, -0.2) is 48.0 Å². The number of hydrogen-bond acceptors (Lipinski definition) is 7. The average Bonchev–Trinajstić information content (AvgIpc) is 2.55. The molecule has 0 radical (unpaired) electrons. The minimum Gasteiger partial charge on any atom is -0.384 e. The number of nitrogen functional groups attached to an aromatic ring is 1. The van der Waals surface area contributed by atoms with E-state index in [1.54, 1.807) is 12.3 Å². The molecule has 0 aliphatic carbocycles. The van der Waals surface area contributed by atoms with E-state index in [1.807, 2.05) is 13.0 Å². The number of aryl methyl sites for hydroxylation is 1. The van der Waals surface area contributed by atoms with Gasteiger partial charge in [0.25, 0.3) is 0 Å². The molecular weight excluding hydrogens is 280 g/mol. The third kappa shape index (κ3) is 2.75. The Bertz CT molecular complexity index is 696. The zero-order chi connectivity index (χ0) is 15.5. The van der Waals surface area contributed by atoms with Crippen LogP contribution in [-0.2, 0) is 4.74 Å². The molecule has 114 valence electrons. The van der Waals surface area contributed by atoms with Crippen molar-refractivity contribution in [2.24, 2.45) is 4.99 Å². The fourth-order valence-corrected chi connectivity index (χ4v) is 2.45. The van der Waals surface area contributed by atoms with Crippen molar-refractivity contribution in [3.05, 3.63) is 24.0 Å². The highest BCUT2D eigenvalue weighted by Crippen LogP contribution is 2.32. The number of rotatable bonds is 3. The summed E-state index contributed by atoms with van der Waals surface area (Å²) in [6.45, 7) is 8.46. The first-order valence-electron chi connectivity index (χ1n) is 7.09. The first kappa shape index (κ1) is 14.4. The normalized spacial score (nSPS) is 14.9. The van der Waals surface area contributed by atoms with Gasteiger partial charge in [0, 0.05) is 24.8 Å². The molecule has 3 heterocycles. The number of morpholine rings is 1. The van der Waals surface area contributed by atoms with Gasteiger partial charge in [0.05, 0.1) is 18.9 Å². The molecule has 0 bridgehead atoms. The second-order valence-corrected chi connectivity index (χ2v) is 5.03. The number of hydrogen-bond donors (Lipinski definition) is 1. The minimum atomic E-state index is 0.442. The van der Waals surface area contributed by atoms with E-state index in [2.05, 4.69) is 31.6 Å². The number of nitrogens with zero attached hydrogens (tertiary/aromatic N) is 5. The molecule has 0 unspecified atom stereocenters. The second kappa shape index (κ2) is 6.07. The summed E-state index contributed by atoms with van der Waals surface area (Å²) < 4.78 is 5.40. The molecule has 2 aromatic heterocycles. The summed E-state index contributed by atoms with van der Waals surface area (Å²) in [7, 11) is 0. The van der Waals surface area contributed by atoms with Gasteiger partial charge in [0.1, 0.15) is 11.5 Å². The Labute approximate surface area is 128 Å². The summed E-state index contributed by atoms with van der Waals surface area (Å²) in [5.41, 5.74) is 8.09. The number of nitrogens with two attached hydrogens (primary N) is 1. The van der Waals surface area contributed by atoms with Crippen LogP contribution in [0, 0.1) is 6.92 Å². The maximum atomic E-state index is 5.75. The fourth-order valence-electron chi connectivity index (χ4n) is 2.45. The quantitative estimate of drug-likeness (QED) is 0.866. The SMILES string of the molecule is C=Nc1c(C)nc(-c2ccnc(N)c2)nc1N1CCOCC1. The van der Waals surface area contributed by atoms with Gasteiger partial charge in [-0.15, -0.1) is 0 Å². The van der Waals surface area contributed by atoms with Gasteiger partial charge in [-0.1, -0.05) is 0 Å². The van der Waals surface area contributed by atoms with Crippen molar-refractivity contribution in [1.29, 1.82) is 0 Å². The standard InChI is InChI=1S/C15H18N6O/c1-10-13(17-2)15(21-5-7-22-8-6-21)20-14(19-10)11-3-4-18-12(16)9-11/h3-4,9H,2,5-8H2,1H3,(H2,16,18). The lowest BCUT2D eigenvalue weighted by Crippen LogP contribution is -2.37. The van der Waals surface area contributed by atoms with Crippen molar-refractivity contribution in [3.63, 3.8) is 0 Å². The Morgan fingerprint density at radius 1 is 1.32 bits per heavy atom. The zero-order valence-corrected chi connectivity index (χ0v) is 12.5. The summed E-state index contributed by atoms with van der Waals surface area (Å²) in [5.74, 6) is 1.84. The molecule has 1 aliphatic heterocycles. The van der Waals surface area contributed by atoms with Crippen molar-refractivity contribution < 1.29 is 4.74 Å². The highest BCUT2D eigenvalue weighted by molar-refractivity contribution is 5.71. The molecule has 0 saturated carbocycles. The molecule has 2 N–H and O–H groups in total. The van der Waals surface area contributed by atoms with Crippen LogP contribution >= 0.6 is 0 Å². The molecular formula is C15H18N6O. The Morgan fingerprint density at radius 2 is 2.09 bits per heavy atom. The van der Waals surface area contributed by atoms with E-state index in [9.17, 15) is 0 Å². The van der Waals surface area contributed by atoms with E-state index < -0.39 is 0 Å². The third-order valence-electron chi connectivity index (χ3n) is 3.55. The highest BCUT2D eigenvalue weighted by atomic mass is 16.5. The summed E-state index contributed by atoms with van der Waals surface area (Å²) in [4.78, 5) is 19.5. The predicted octanol–water partition coefficient (Wildman–Crippen LogP) is 1.60. The van der Waals surface area contributed by atoms with Crippen molar-refractivity contribution in [1.82, 2.24) is 15.0 Å². The lowest BCUT2D eigenvalue weighted by Gasteiger charge is -2.29. The van der Waals surface area contributed by atoms with Crippen LogP contribution in [0.2, 0.25) is 0 Å². The van der Waals surface area contributed by atoms with Crippen molar-refractivity contribution >= 4 is 24.0 Å². The zero-order valence-electron chi connectivity index (χ0n) is 12.5. The predicted molar refractivity (Wildman–Crippen MR) is 86.7 cm³/mol. The topological polar surface area (TPSA) is 89.5 Å². The lowest BCUT2D eigenvalue weighted by atomic mass is 10.2. The molecule has 22 heavy (non-hydrogen) atoms. The summed E-state index contributed by atoms with van der Waals surface area (Å²) in [6, 6.07) is 3.61. The molecule has 7 heteroatoms. The minimum absolute atomic E-state index is 0.442. The lowest BCUT2D eigenvalue weighted by molar-refractivity contribution is 0.122. The first-order valence-corrected chi connectivity index (χ1v) is 7.09. The van der Waals surface area contributed by atoms with E-state index >= 15 is 0 Å². The Hall–Kier alpha value is -2.54. The summed E-state index contributed by atoms with van der Waals surface area (Å²) >= 11 is 0. The number of pyridine rings is 1. The number of aromatic nitrogens is 3. The molecule has 7 nitrogen and oxygen atoms in total. The molecule has 0 aromatic carbocycles. The second-order valence-electron chi connectivity index (χ2n) is 5.03. The van der Waals surface area contributed by atoms with Crippen LogP contribution in [0.15, 0.2) is 23.3 Å². The van der Waals surface area contributed by atoms with Gasteiger partial charge in [-0.2, -0.15) is 0 Å². The van der Waals surface area contributed by atoms with E-state index in [0.717, 1.165) is 30.2 Å². The van der Waals surface area contributed by atoms with E-state index in [-0.39, 0.29) is 0 Å². The van der Waals surface area contributed by atoms with Crippen molar-refractivity contribution in [2.75, 3.05) is 36.9 Å². The monoisotopic (exact) mass is 298 g/mol. The molecule has 0 atom stereocenters. The van der Waals surface area contributed by atoms with Crippen LogP contribution < -0.4 is 10.6 Å². The maximum Gasteiger partial charge on any atom is 0.162 e. The first-order chi connectivity index (χ1) is 10.7. The van der Waals surface area contributed by atoms with Crippen molar-refractivity contribution in [2.45, 2.75) is 6.92 Å². The Kier molecular flexibility index (Phi) is 3.97. The van der Waals surface area contributed by atoms with Crippen LogP contribution in [0.3, 0.4) is 0 Å². The van der Waals surface area contributed by atoms with E-state index in [4.69, 9.17) is 10.5 Å². The van der Waals surface area contributed by atoms with Gasteiger partial charge in [0.2, 0.25) is 0 Å².